The molecule has 0 saturated carbocycles. The molecular formula is C17H19N5OS. The Labute approximate surface area is 144 Å². The molecule has 4 rings (SSSR count). The highest BCUT2D eigenvalue weighted by molar-refractivity contribution is 8.00. The van der Waals surface area contributed by atoms with E-state index >= 15 is 0 Å². The molecule has 1 unspecified atom stereocenters. The summed E-state index contributed by atoms with van der Waals surface area (Å²) in [6, 6.07) is 7.87. The van der Waals surface area contributed by atoms with Gasteiger partial charge in [-0.1, -0.05) is 23.9 Å². The van der Waals surface area contributed by atoms with E-state index in [1.165, 1.54) is 18.2 Å². The average molecular weight is 341 g/mol. The molecule has 3 aromatic rings. The number of hydrogen-bond donors (Lipinski definition) is 0. The van der Waals surface area contributed by atoms with Gasteiger partial charge in [-0.3, -0.25) is 4.79 Å². The van der Waals surface area contributed by atoms with E-state index in [0.717, 1.165) is 42.5 Å². The van der Waals surface area contributed by atoms with E-state index in [4.69, 9.17) is 0 Å². The monoisotopic (exact) mass is 341 g/mol. The molecule has 124 valence electrons. The number of fused-ring (bicyclic) bond motifs is 3. The van der Waals surface area contributed by atoms with Crippen molar-refractivity contribution in [2.45, 2.75) is 36.6 Å². The number of carbonyl (C=O) groups is 1. The summed E-state index contributed by atoms with van der Waals surface area (Å²) in [5.41, 5.74) is 1.67. The van der Waals surface area contributed by atoms with Crippen LogP contribution in [0.2, 0.25) is 0 Å². The van der Waals surface area contributed by atoms with E-state index in [9.17, 15) is 4.79 Å². The average Bonchev–Trinajstić information content (AvgIpc) is 3.04. The lowest BCUT2D eigenvalue weighted by Crippen LogP contribution is -2.40. The summed E-state index contributed by atoms with van der Waals surface area (Å²) < 4.78 is 1.68. The number of piperidine rings is 1. The molecule has 6 nitrogen and oxygen atoms in total. The SMILES string of the molecule is CC(Sc1nc2c3ccccc3ncn2n1)C(=O)N1CCCCC1. The smallest absolute Gasteiger partial charge is 0.235 e. The van der Waals surface area contributed by atoms with Crippen molar-refractivity contribution in [1.29, 1.82) is 0 Å². The van der Waals surface area contributed by atoms with Crippen LogP contribution >= 0.6 is 11.8 Å². The van der Waals surface area contributed by atoms with Gasteiger partial charge in [0.15, 0.2) is 5.65 Å². The fraction of sp³-hybridized carbons (Fsp3) is 0.412. The maximum atomic E-state index is 12.6. The van der Waals surface area contributed by atoms with E-state index in [1.54, 1.807) is 10.8 Å². The molecule has 1 amide bonds. The molecule has 0 aliphatic carbocycles. The van der Waals surface area contributed by atoms with Crippen LogP contribution in [0.3, 0.4) is 0 Å². The number of rotatable bonds is 3. The molecule has 24 heavy (non-hydrogen) atoms. The molecule has 2 aromatic heterocycles. The third-order valence-corrected chi connectivity index (χ3v) is 5.30. The Morgan fingerprint density at radius 3 is 2.83 bits per heavy atom. The summed E-state index contributed by atoms with van der Waals surface area (Å²) >= 11 is 1.42. The van der Waals surface area contributed by atoms with Crippen LogP contribution in [0.4, 0.5) is 0 Å². The summed E-state index contributed by atoms with van der Waals surface area (Å²) in [6.45, 7) is 3.68. The Hall–Kier alpha value is -2.15. The fourth-order valence-electron chi connectivity index (χ4n) is 3.09. The molecule has 0 radical (unpaired) electrons. The minimum absolute atomic E-state index is 0.181. The Bertz CT molecular complexity index is 887. The third-order valence-electron chi connectivity index (χ3n) is 4.36. The van der Waals surface area contributed by atoms with Crippen LogP contribution in [0.15, 0.2) is 35.7 Å². The highest BCUT2D eigenvalue weighted by Gasteiger charge is 2.24. The predicted octanol–water partition coefficient (Wildman–Crippen LogP) is 2.77. The molecule has 7 heteroatoms. The van der Waals surface area contributed by atoms with Crippen LogP contribution in [0, 0.1) is 0 Å². The van der Waals surface area contributed by atoms with Gasteiger partial charge in [0.1, 0.15) is 6.33 Å². The van der Waals surface area contributed by atoms with Gasteiger partial charge in [-0.2, -0.15) is 0 Å². The number of likely N-dealkylation sites (tertiary alicyclic amines) is 1. The topological polar surface area (TPSA) is 63.4 Å². The first-order valence-corrected chi connectivity index (χ1v) is 9.16. The quantitative estimate of drug-likeness (QED) is 0.686. The number of aromatic nitrogens is 4. The van der Waals surface area contributed by atoms with E-state index in [1.807, 2.05) is 36.1 Å². The van der Waals surface area contributed by atoms with Gasteiger partial charge < -0.3 is 4.90 Å². The van der Waals surface area contributed by atoms with Gasteiger partial charge >= 0.3 is 0 Å². The predicted molar refractivity (Wildman–Crippen MR) is 94.0 cm³/mol. The van der Waals surface area contributed by atoms with Crippen molar-refractivity contribution in [3.05, 3.63) is 30.6 Å². The zero-order valence-corrected chi connectivity index (χ0v) is 14.4. The van der Waals surface area contributed by atoms with Crippen molar-refractivity contribution < 1.29 is 4.79 Å². The number of nitrogens with zero attached hydrogens (tertiary/aromatic N) is 5. The molecule has 0 N–H and O–H groups in total. The number of carbonyl (C=O) groups excluding carboxylic acids is 1. The van der Waals surface area contributed by atoms with Gasteiger partial charge in [0.2, 0.25) is 11.1 Å². The second kappa shape index (κ2) is 6.39. The molecule has 1 saturated heterocycles. The maximum absolute atomic E-state index is 12.6. The van der Waals surface area contributed by atoms with Crippen LogP contribution in [0.25, 0.3) is 16.6 Å². The highest BCUT2D eigenvalue weighted by Crippen LogP contribution is 2.25. The largest absolute Gasteiger partial charge is 0.342 e. The van der Waals surface area contributed by atoms with Gasteiger partial charge in [0, 0.05) is 18.5 Å². The Morgan fingerprint density at radius 2 is 2.00 bits per heavy atom. The van der Waals surface area contributed by atoms with Crippen LogP contribution < -0.4 is 0 Å². The summed E-state index contributed by atoms with van der Waals surface area (Å²) in [5.74, 6) is 0.182. The Balaban J connectivity index is 1.58. The van der Waals surface area contributed by atoms with Crippen molar-refractivity contribution in [3.63, 3.8) is 0 Å². The van der Waals surface area contributed by atoms with E-state index in [-0.39, 0.29) is 11.2 Å². The zero-order chi connectivity index (χ0) is 16.5. The normalized spacial score (nSPS) is 16.6. The first-order valence-electron chi connectivity index (χ1n) is 8.28. The van der Waals surface area contributed by atoms with Gasteiger partial charge in [-0.15, -0.1) is 5.10 Å². The molecule has 1 aliphatic rings. The summed E-state index contributed by atoms with van der Waals surface area (Å²) in [5, 5.41) is 5.87. The molecule has 1 aromatic carbocycles. The molecule has 0 bridgehead atoms. The van der Waals surface area contributed by atoms with Gasteiger partial charge in [-0.05, 0) is 38.3 Å². The Kier molecular flexibility index (Phi) is 4.10. The summed E-state index contributed by atoms with van der Waals surface area (Å²) in [6.07, 6.45) is 5.10. The summed E-state index contributed by atoms with van der Waals surface area (Å²) in [4.78, 5) is 23.5. The molecule has 1 aliphatic heterocycles. The van der Waals surface area contributed by atoms with Gasteiger partial charge in [0.05, 0.1) is 10.8 Å². The molecule has 1 atom stereocenters. The standard InChI is InChI=1S/C17H19N5OS/c1-12(16(23)21-9-5-2-6-10-21)24-17-19-15-13-7-3-4-8-14(13)18-11-22(15)20-17/h3-4,7-8,11-12H,2,5-6,9-10H2,1H3. The highest BCUT2D eigenvalue weighted by atomic mass is 32.2. The van der Waals surface area contributed by atoms with Gasteiger partial charge in [0.25, 0.3) is 0 Å². The fourth-order valence-corrected chi connectivity index (χ4v) is 3.93. The van der Waals surface area contributed by atoms with Crippen molar-refractivity contribution in [2.24, 2.45) is 0 Å². The molecule has 0 spiro atoms. The lowest BCUT2D eigenvalue weighted by atomic mass is 10.1. The van der Waals surface area contributed by atoms with Crippen molar-refractivity contribution in [2.75, 3.05) is 13.1 Å². The maximum Gasteiger partial charge on any atom is 0.235 e. The van der Waals surface area contributed by atoms with Crippen LogP contribution in [-0.2, 0) is 4.79 Å². The first-order chi connectivity index (χ1) is 11.7. The van der Waals surface area contributed by atoms with E-state index in [0.29, 0.717) is 5.16 Å². The minimum Gasteiger partial charge on any atom is -0.342 e. The van der Waals surface area contributed by atoms with E-state index in [2.05, 4.69) is 15.1 Å². The number of para-hydroxylation sites is 1. The molecule has 3 heterocycles. The van der Waals surface area contributed by atoms with Crippen LogP contribution in [-0.4, -0.2) is 48.7 Å². The van der Waals surface area contributed by atoms with Crippen molar-refractivity contribution in [1.82, 2.24) is 24.5 Å². The van der Waals surface area contributed by atoms with Crippen molar-refractivity contribution >= 4 is 34.2 Å². The van der Waals surface area contributed by atoms with Crippen LogP contribution in [0.5, 0.6) is 0 Å². The summed E-state index contributed by atoms with van der Waals surface area (Å²) in [7, 11) is 0. The van der Waals surface area contributed by atoms with Crippen LogP contribution in [0.1, 0.15) is 26.2 Å². The third kappa shape index (κ3) is 2.84. The molecular weight excluding hydrogens is 322 g/mol. The lowest BCUT2D eigenvalue weighted by Gasteiger charge is -2.28. The number of benzene rings is 1. The number of thioether (sulfide) groups is 1. The molecule has 1 fully saturated rings. The lowest BCUT2D eigenvalue weighted by molar-refractivity contribution is -0.131. The Morgan fingerprint density at radius 1 is 1.21 bits per heavy atom. The van der Waals surface area contributed by atoms with E-state index < -0.39 is 0 Å². The van der Waals surface area contributed by atoms with Gasteiger partial charge in [-0.25, -0.2) is 14.5 Å². The second-order valence-corrected chi connectivity index (χ2v) is 7.38. The minimum atomic E-state index is -0.181. The zero-order valence-electron chi connectivity index (χ0n) is 13.6. The number of hydrogen-bond acceptors (Lipinski definition) is 5. The second-order valence-electron chi connectivity index (χ2n) is 6.07. The number of amides is 1. The van der Waals surface area contributed by atoms with Crippen molar-refractivity contribution in [3.8, 4) is 0 Å². The first kappa shape index (κ1) is 15.4.